The van der Waals surface area contributed by atoms with Crippen molar-refractivity contribution in [1.82, 2.24) is 4.57 Å². The maximum Gasteiger partial charge on any atom is 0.238 e. The number of nitrogens with one attached hydrogen (secondary N) is 1. The Morgan fingerprint density at radius 2 is 1.85 bits per heavy atom. The van der Waals surface area contributed by atoms with E-state index < -0.39 is 10.0 Å². The average molecular weight is 500 g/mol. The number of halogens is 1. The second-order valence-corrected chi connectivity index (χ2v) is 9.49. The fourth-order valence-electron chi connectivity index (χ4n) is 3.31. The average Bonchev–Trinajstić information content (AvgIpc) is 3.03. The van der Waals surface area contributed by atoms with E-state index in [1.54, 1.807) is 28.8 Å². The SMILES string of the molecule is NS(=O)(=O)c1cccc(NC(=S)N=Nc2c(O)n(Cc3ccccc3)c3cc(Cl)ccc23)c1. The quantitative estimate of drug-likeness (QED) is 0.258. The number of nitrogens with two attached hydrogens (primary N) is 1. The summed E-state index contributed by atoms with van der Waals surface area (Å²) in [5, 5.41) is 28.2. The summed E-state index contributed by atoms with van der Waals surface area (Å²) in [5.74, 6) is -0.0844. The molecule has 0 bridgehead atoms. The van der Waals surface area contributed by atoms with Gasteiger partial charge in [-0.05, 0) is 54.2 Å². The number of aromatic nitrogens is 1. The van der Waals surface area contributed by atoms with Gasteiger partial charge in [0, 0.05) is 16.1 Å². The minimum Gasteiger partial charge on any atom is -0.493 e. The number of benzene rings is 3. The number of thiocarbonyl (C=S) groups is 1. The highest BCUT2D eigenvalue weighted by Crippen LogP contribution is 2.40. The van der Waals surface area contributed by atoms with Gasteiger partial charge in [-0.2, -0.15) is 0 Å². The van der Waals surface area contributed by atoms with Crippen LogP contribution in [-0.2, 0) is 16.6 Å². The van der Waals surface area contributed by atoms with Crippen LogP contribution in [0.3, 0.4) is 0 Å². The number of azo groups is 1. The van der Waals surface area contributed by atoms with Gasteiger partial charge in [0.25, 0.3) is 0 Å². The van der Waals surface area contributed by atoms with Crippen molar-refractivity contribution in [2.45, 2.75) is 11.4 Å². The summed E-state index contributed by atoms with van der Waals surface area (Å²) in [6, 6.07) is 20.7. The van der Waals surface area contributed by atoms with Gasteiger partial charge in [0.1, 0.15) is 0 Å². The molecule has 0 saturated heterocycles. The third-order valence-corrected chi connectivity index (χ3v) is 6.14. The van der Waals surface area contributed by atoms with E-state index in [1.165, 1.54) is 18.2 Å². The molecule has 0 saturated carbocycles. The third kappa shape index (κ3) is 5.20. The number of primary sulfonamides is 1. The van der Waals surface area contributed by atoms with Gasteiger partial charge in [-0.1, -0.05) is 48.0 Å². The molecule has 4 aromatic rings. The number of fused-ring (bicyclic) bond motifs is 1. The number of hydrogen-bond acceptors (Lipinski definition) is 5. The fraction of sp³-hybridized carbons (Fsp3) is 0.0455. The molecular formula is C22H18ClN5O3S2. The minimum absolute atomic E-state index is 0.0288. The number of rotatable bonds is 5. The van der Waals surface area contributed by atoms with E-state index in [0.29, 0.717) is 28.2 Å². The first-order valence-corrected chi connectivity index (χ1v) is 12.0. The van der Waals surface area contributed by atoms with Crippen LogP contribution in [-0.4, -0.2) is 23.2 Å². The number of anilines is 1. The number of hydrogen-bond donors (Lipinski definition) is 3. The van der Waals surface area contributed by atoms with Crippen molar-refractivity contribution in [2.75, 3.05) is 5.32 Å². The topological polar surface area (TPSA) is 122 Å². The molecule has 4 N–H and O–H groups in total. The monoisotopic (exact) mass is 499 g/mol. The molecule has 0 atom stereocenters. The predicted octanol–water partition coefficient (Wildman–Crippen LogP) is 5.18. The Morgan fingerprint density at radius 1 is 1.09 bits per heavy atom. The highest BCUT2D eigenvalue weighted by Gasteiger charge is 2.17. The molecule has 33 heavy (non-hydrogen) atoms. The van der Waals surface area contributed by atoms with E-state index in [2.05, 4.69) is 15.5 Å². The molecule has 8 nitrogen and oxygen atoms in total. The molecular weight excluding hydrogens is 482 g/mol. The lowest BCUT2D eigenvalue weighted by atomic mass is 10.2. The van der Waals surface area contributed by atoms with Crippen molar-refractivity contribution >= 4 is 61.2 Å². The first-order chi connectivity index (χ1) is 15.7. The van der Waals surface area contributed by atoms with E-state index in [4.69, 9.17) is 29.0 Å². The molecule has 0 radical (unpaired) electrons. The van der Waals surface area contributed by atoms with Crippen molar-refractivity contribution < 1.29 is 13.5 Å². The zero-order valence-corrected chi connectivity index (χ0v) is 19.4. The van der Waals surface area contributed by atoms with Crippen molar-refractivity contribution in [3.8, 4) is 5.88 Å². The van der Waals surface area contributed by atoms with Gasteiger partial charge in [0.15, 0.2) is 5.69 Å². The number of aromatic hydroxyl groups is 1. The lowest BCUT2D eigenvalue weighted by Crippen LogP contribution is -2.13. The van der Waals surface area contributed by atoms with Crippen molar-refractivity contribution in [2.24, 2.45) is 15.4 Å². The molecule has 0 aliphatic carbocycles. The molecule has 0 aliphatic rings. The Bertz CT molecular complexity index is 1480. The molecule has 0 fully saturated rings. The molecule has 0 unspecified atom stereocenters. The molecule has 0 amide bonds. The Balaban J connectivity index is 1.65. The van der Waals surface area contributed by atoms with Gasteiger partial charge in [-0.15, -0.1) is 10.2 Å². The fourth-order valence-corrected chi connectivity index (χ4v) is 4.19. The summed E-state index contributed by atoms with van der Waals surface area (Å²) in [6.45, 7) is 0.405. The standard InChI is InChI=1S/C22H18ClN5O3S2/c23-15-9-10-18-19(11-15)28(13-14-5-2-1-3-6-14)21(29)20(18)26-27-22(32)25-16-7-4-8-17(12-16)33(24,30)31/h1-12,29H,13H2,(H,25,32)(H2,24,30,31). The molecule has 1 aromatic heterocycles. The molecule has 4 rings (SSSR count). The molecule has 11 heteroatoms. The Hall–Kier alpha value is -3.31. The smallest absolute Gasteiger partial charge is 0.238 e. The van der Waals surface area contributed by atoms with Crippen LogP contribution in [0.2, 0.25) is 5.02 Å². The van der Waals surface area contributed by atoms with Crippen LogP contribution in [0.5, 0.6) is 5.88 Å². The van der Waals surface area contributed by atoms with Gasteiger partial charge in [-0.25, -0.2) is 13.6 Å². The molecule has 1 heterocycles. The zero-order valence-electron chi connectivity index (χ0n) is 17.0. The zero-order chi connectivity index (χ0) is 23.6. The molecule has 168 valence electrons. The minimum atomic E-state index is -3.86. The van der Waals surface area contributed by atoms with Crippen molar-refractivity contribution in [1.29, 1.82) is 0 Å². The largest absolute Gasteiger partial charge is 0.493 e. The van der Waals surface area contributed by atoms with Gasteiger partial charge < -0.3 is 15.0 Å². The first kappa shape index (κ1) is 22.9. The van der Waals surface area contributed by atoms with Gasteiger partial charge in [-0.3, -0.25) is 0 Å². The Kier molecular flexibility index (Phi) is 6.43. The summed E-state index contributed by atoms with van der Waals surface area (Å²) < 4.78 is 24.8. The maximum atomic E-state index is 11.5. The number of sulfonamides is 1. The highest BCUT2D eigenvalue weighted by molar-refractivity contribution is 7.89. The van der Waals surface area contributed by atoms with Crippen LogP contribution in [0.25, 0.3) is 10.9 Å². The third-order valence-electron chi connectivity index (χ3n) is 4.81. The van der Waals surface area contributed by atoms with Crippen molar-refractivity contribution in [3.63, 3.8) is 0 Å². The summed E-state index contributed by atoms with van der Waals surface area (Å²) in [5.41, 5.74) is 2.30. The Labute approximate surface area is 200 Å². The lowest BCUT2D eigenvalue weighted by molar-refractivity contribution is 0.429. The van der Waals surface area contributed by atoms with E-state index in [0.717, 1.165) is 5.56 Å². The van der Waals surface area contributed by atoms with E-state index >= 15 is 0 Å². The molecule has 3 aromatic carbocycles. The van der Waals surface area contributed by atoms with E-state index in [-0.39, 0.29) is 21.6 Å². The van der Waals surface area contributed by atoms with Gasteiger partial charge >= 0.3 is 0 Å². The van der Waals surface area contributed by atoms with Crippen LogP contribution in [0.15, 0.2) is 87.9 Å². The maximum absolute atomic E-state index is 11.5. The second-order valence-electron chi connectivity index (χ2n) is 7.11. The van der Waals surface area contributed by atoms with Gasteiger partial charge in [0.2, 0.25) is 21.0 Å². The first-order valence-electron chi connectivity index (χ1n) is 9.62. The summed E-state index contributed by atoms with van der Waals surface area (Å²) in [4.78, 5) is -0.0641. The van der Waals surface area contributed by atoms with Crippen LogP contribution < -0.4 is 10.5 Å². The molecule has 0 spiro atoms. The summed E-state index contributed by atoms with van der Waals surface area (Å²) in [7, 11) is -3.86. The van der Waals surface area contributed by atoms with Gasteiger partial charge in [0.05, 0.1) is 17.0 Å². The van der Waals surface area contributed by atoms with Crippen molar-refractivity contribution in [3.05, 3.63) is 83.4 Å². The highest BCUT2D eigenvalue weighted by atomic mass is 35.5. The van der Waals surface area contributed by atoms with Crippen LogP contribution in [0, 0.1) is 0 Å². The van der Waals surface area contributed by atoms with E-state index in [9.17, 15) is 13.5 Å². The molecule has 0 aliphatic heterocycles. The second kappa shape index (κ2) is 9.28. The number of nitrogens with zero attached hydrogens (tertiary/aromatic N) is 3. The predicted molar refractivity (Wildman–Crippen MR) is 133 cm³/mol. The van der Waals surface area contributed by atoms with Crippen LogP contribution >= 0.6 is 23.8 Å². The normalized spacial score (nSPS) is 11.8. The van der Waals surface area contributed by atoms with E-state index in [1.807, 2.05) is 30.3 Å². The van der Waals surface area contributed by atoms with Crippen LogP contribution in [0.1, 0.15) is 5.56 Å². The lowest BCUT2D eigenvalue weighted by Gasteiger charge is -2.07. The Morgan fingerprint density at radius 3 is 2.58 bits per heavy atom. The van der Waals surface area contributed by atoms with Crippen LogP contribution in [0.4, 0.5) is 11.4 Å². The summed E-state index contributed by atoms with van der Waals surface area (Å²) >= 11 is 11.4. The summed E-state index contributed by atoms with van der Waals surface area (Å²) in [6.07, 6.45) is 0.